The van der Waals surface area contributed by atoms with Gasteiger partial charge in [0.05, 0.1) is 0 Å². The predicted octanol–water partition coefficient (Wildman–Crippen LogP) is 24.2. The van der Waals surface area contributed by atoms with Crippen molar-refractivity contribution in [3.63, 3.8) is 0 Å². The Labute approximate surface area is 505 Å². The van der Waals surface area contributed by atoms with Gasteiger partial charge in [0.1, 0.15) is 0 Å². The minimum absolute atomic E-state index is 1.33. The van der Waals surface area contributed by atoms with Crippen LogP contribution in [-0.2, 0) is 0 Å². The summed E-state index contributed by atoms with van der Waals surface area (Å²) in [6, 6.07) is 90.1. The third-order valence-corrected chi connectivity index (χ3v) is 15.2. The number of fused-ring (bicyclic) bond motifs is 5. The van der Waals surface area contributed by atoms with E-state index in [1.807, 2.05) is 0 Å². The fourth-order valence-corrected chi connectivity index (χ4v) is 10.1. The van der Waals surface area contributed by atoms with Crippen LogP contribution in [0.4, 0.5) is 0 Å². The lowest BCUT2D eigenvalue weighted by atomic mass is 10.0. The first-order valence-electron chi connectivity index (χ1n) is 29.6. The van der Waals surface area contributed by atoms with Gasteiger partial charge in [-0.15, -0.1) is 0 Å². The van der Waals surface area contributed by atoms with Gasteiger partial charge >= 0.3 is 0 Å². The van der Waals surface area contributed by atoms with Crippen molar-refractivity contribution in [2.24, 2.45) is 0 Å². The highest BCUT2D eigenvalue weighted by Crippen LogP contribution is 2.24. The van der Waals surface area contributed by atoms with E-state index in [1.54, 1.807) is 0 Å². The average Bonchev–Trinajstić information content (AvgIpc) is 3.52. The normalized spacial score (nSPS) is 10.1. The zero-order chi connectivity index (χ0) is 60.7. The molecule has 426 valence electrons. The quantitative estimate of drug-likeness (QED) is 0.142. The predicted molar refractivity (Wildman–Crippen MR) is 375 cm³/mol. The maximum Gasteiger partial charge on any atom is -0.0152 e. The SMILES string of the molecule is Cc1cc(C)c2ccccc2c1.Cc1ccc(C)c2ccccc12.Cc1ccc(C)cc1.Cc1ccc2c(C)cccc2c1.Cc1ccc2cc(C)ccc2c1.Cc1cccc(C)c1.Cc1cccc2c(C)cccc12.Cc1ccccc1C. The topological polar surface area (TPSA) is 0 Å². The number of benzene rings is 13. The van der Waals surface area contributed by atoms with Crippen molar-refractivity contribution < 1.29 is 0 Å². The molecule has 0 heterocycles. The fourth-order valence-electron chi connectivity index (χ4n) is 10.1. The molecule has 0 atom stereocenters. The van der Waals surface area contributed by atoms with Crippen LogP contribution in [0.5, 0.6) is 0 Å². The molecule has 0 aliphatic heterocycles. The molecule has 0 amide bonds. The van der Waals surface area contributed by atoms with Gasteiger partial charge in [-0.1, -0.05) is 299 Å². The zero-order valence-electron chi connectivity index (χ0n) is 53.2. The second-order valence-corrected chi connectivity index (χ2v) is 22.8. The maximum absolute atomic E-state index is 2.22. The summed E-state index contributed by atoms with van der Waals surface area (Å²) in [5.41, 5.74) is 21.5. The monoisotopic (exact) mass is 1100 g/mol. The molecule has 0 bridgehead atoms. The van der Waals surface area contributed by atoms with Crippen molar-refractivity contribution in [2.45, 2.75) is 111 Å². The van der Waals surface area contributed by atoms with E-state index in [0.29, 0.717) is 0 Å². The Balaban J connectivity index is 0.000000155. The van der Waals surface area contributed by atoms with Crippen LogP contribution in [0.1, 0.15) is 89.0 Å². The molecule has 84 heavy (non-hydrogen) atoms. The van der Waals surface area contributed by atoms with Crippen LogP contribution in [0.15, 0.2) is 255 Å². The van der Waals surface area contributed by atoms with Crippen molar-refractivity contribution >= 4 is 53.9 Å². The minimum atomic E-state index is 1.33. The largest absolute Gasteiger partial charge is 0.0620 e. The molecule has 0 aliphatic carbocycles. The van der Waals surface area contributed by atoms with Crippen LogP contribution in [0.2, 0.25) is 0 Å². The summed E-state index contributed by atoms with van der Waals surface area (Å²) in [6.07, 6.45) is 0. The first-order chi connectivity index (χ1) is 40.3. The Morgan fingerprint density at radius 2 is 0.405 bits per heavy atom. The molecule has 0 heteroatoms. The highest BCUT2D eigenvalue weighted by atomic mass is 14.1. The van der Waals surface area contributed by atoms with E-state index >= 15 is 0 Å². The summed E-state index contributed by atoms with van der Waals surface area (Å²) in [4.78, 5) is 0. The fraction of sp³-hybridized carbons (Fsp3) is 0.190. The molecule has 13 rings (SSSR count). The van der Waals surface area contributed by atoms with Gasteiger partial charge in [-0.3, -0.25) is 0 Å². The van der Waals surface area contributed by atoms with Crippen molar-refractivity contribution in [3.8, 4) is 0 Å². The first kappa shape index (κ1) is 64.3. The van der Waals surface area contributed by atoms with Crippen LogP contribution < -0.4 is 0 Å². The standard InChI is InChI=1S/5C12H12.3C8H10/c1-9-3-5-12-8-10(2)4-6-11(12)7-9;1-9-5-3-8-12-10(2)6-4-7-11(9)12;1-9-6-7-12-10(2)4-3-5-11(12)8-9;1-9-7-10(2)12-6-4-3-5-11(12)8-9;1-9-7-8-10(2)12-6-4-3-5-11(9)12;1-7-3-5-8(2)6-4-7;1-7-4-3-5-8(2)6-7;1-7-5-3-4-6-8(7)2/h5*3-8H,1-2H3;3*3-6H,1-2H3. The van der Waals surface area contributed by atoms with Gasteiger partial charge in [-0.2, -0.15) is 0 Å². The Morgan fingerprint density at radius 3 is 0.833 bits per heavy atom. The van der Waals surface area contributed by atoms with Crippen molar-refractivity contribution in [2.75, 3.05) is 0 Å². The van der Waals surface area contributed by atoms with Gasteiger partial charge in [-0.25, -0.2) is 0 Å². The maximum atomic E-state index is 2.22. The Bertz CT molecular complexity index is 3950. The summed E-state index contributed by atoms with van der Waals surface area (Å²) in [5.74, 6) is 0. The Kier molecular flexibility index (Phi) is 24.6. The van der Waals surface area contributed by atoms with E-state index in [2.05, 4.69) is 366 Å². The molecule has 0 aromatic heterocycles. The number of hydrogen-bond acceptors (Lipinski definition) is 0. The molecule has 0 aliphatic rings. The third kappa shape index (κ3) is 20.0. The van der Waals surface area contributed by atoms with Gasteiger partial charge in [0.15, 0.2) is 0 Å². The molecule has 0 saturated heterocycles. The van der Waals surface area contributed by atoms with E-state index in [1.165, 1.54) is 143 Å². The molecule has 0 radical (unpaired) electrons. The highest BCUT2D eigenvalue weighted by molar-refractivity contribution is 5.90. The van der Waals surface area contributed by atoms with Crippen molar-refractivity contribution in [1.29, 1.82) is 0 Å². The minimum Gasteiger partial charge on any atom is -0.0620 e. The van der Waals surface area contributed by atoms with Gasteiger partial charge in [0.2, 0.25) is 0 Å². The number of rotatable bonds is 0. The molecule has 13 aromatic rings. The van der Waals surface area contributed by atoms with E-state index in [4.69, 9.17) is 0 Å². The van der Waals surface area contributed by atoms with Gasteiger partial charge < -0.3 is 0 Å². The molecule has 0 fully saturated rings. The lowest BCUT2D eigenvalue weighted by Crippen LogP contribution is -1.80. The highest BCUT2D eigenvalue weighted by Gasteiger charge is 2.00. The second kappa shape index (κ2) is 32.1. The Morgan fingerprint density at radius 1 is 0.131 bits per heavy atom. The van der Waals surface area contributed by atoms with Crippen LogP contribution >= 0.6 is 0 Å². The van der Waals surface area contributed by atoms with Crippen LogP contribution in [-0.4, -0.2) is 0 Å². The Hall–Kier alpha value is -8.84. The van der Waals surface area contributed by atoms with E-state index in [9.17, 15) is 0 Å². The zero-order valence-corrected chi connectivity index (χ0v) is 53.2. The summed E-state index contributed by atoms with van der Waals surface area (Å²) < 4.78 is 0. The molecular weight excluding hydrogens is 1010 g/mol. The number of hydrogen-bond donors (Lipinski definition) is 0. The van der Waals surface area contributed by atoms with E-state index in [-0.39, 0.29) is 0 Å². The molecule has 13 aromatic carbocycles. The van der Waals surface area contributed by atoms with Gasteiger partial charge in [0.25, 0.3) is 0 Å². The first-order valence-corrected chi connectivity index (χ1v) is 29.6. The van der Waals surface area contributed by atoms with Gasteiger partial charge in [0, 0.05) is 0 Å². The van der Waals surface area contributed by atoms with E-state index < -0.39 is 0 Å². The average molecular weight is 1100 g/mol. The van der Waals surface area contributed by atoms with Crippen molar-refractivity contribution in [3.05, 3.63) is 344 Å². The molecule has 0 N–H and O–H groups in total. The van der Waals surface area contributed by atoms with Crippen molar-refractivity contribution in [1.82, 2.24) is 0 Å². The second-order valence-electron chi connectivity index (χ2n) is 22.8. The van der Waals surface area contributed by atoms with E-state index in [0.717, 1.165) is 0 Å². The summed E-state index contributed by atoms with van der Waals surface area (Å²) in [5, 5.41) is 13.6. The smallest absolute Gasteiger partial charge is 0.0152 e. The number of aryl methyl sites for hydroxylation is 16. The van der Waals surface area contributed by atoms with Crippen LogP contribution in [0.25, 0.3) is 53.9 Å². The summed E-state index contributed by atoms with van der Waals surface area (Å²) >= 11 is 0. The molecule has 0 spiro atoms. The lowest BCUT2D eigenvalue weighted by Gasteiger charge is -2.03. The molecular formula is C84H90. The summed E-state index contributed by atoms with van der Waals surface area (Å²) in [7, 11) is 0. The summed E-state index contributed by atoms with van der Waals surface area (Å²) in [6.45, 7) is 34.1. The van der Waals surface area contributed by atoms with Crippen LogP contribution in [0.3, 0.4) is 0 Å². The lowest BCUT2D eigenvalue weighted by molar-refractivity contribution is 1.34. The van der Waals surface area contributed by atoms with Gasteiger partial charge in [-0.05, 0) is 209 Å². The van der Waals surface area contributed by atoms with Crippen LogP contribution in [0, 0.1) is 111 Å². The molecule has 0 unspecified atom stereocenters. The third-order valence-electron chi connectivity index (χ3n) is 15.2. The molecule has 0 saturated carbocycles. The molecule has 0 nitrogen and oxygen atoms in total.